The van der Waals surface area contributed by atoms with Crippen molar-refractivity contribution in [2.75, 3.05) is 10.0 Å². The molecule has 0 aliphatic heterocycles. The van der Waals surface area contributed by atoms with Crippen LogP contribution >= 0.6 is 23.1 Å². The Morgan fingerprint density at radius 1 is 1.03 bits per heavy atom. The lowest BCUT2D eigenvalue weighted by Crippen LogP contribution is -2.22. The highest BCUT2D eigenvalue weighted by molar-refractivity contribution is 8.00. The number of amides is 1. The number of hydrogen-bond acceptors (Lipinski definition) is 6. The third-order valence-electron chi connectivity index (χ3n) is 3.93. The van der Waals surface area contributed by atoms with Gasteiger partial charge in [-0.1, -0.05) is 12.1 Å². The van der Waals surface area contributed by atoms with Gasteiger partial charge in [-0.05, 0) is 60.8 Å². The summed E-state index contributed by atoms with van der Waals surface area (Å²) in [6.45, 7) is 1.73. The molecule has 1 unspecified atom stereocenters. The quantitative estimate of drug-likeness (QED) is 0.429. The van der Waals surface area contributed by atoms with Gasteiger partial charge in [0.2, 0.25) is 5.91 Å². The standard InChI is InChI=1S/C20H18N2O5S3/c1-13(19(23)21-16-5-2-4-14(12-16)20(24)25)29-17-9-7-15(8-10-17)22-30(26,27)18-6-3-11-28-18/h2-13,22H,1H3,(H,21,23)(H,24,25). The van der Waals surface area contributed by atoms with Crippen molar-refractivity contribution in [1.29, 1.82) is 0 Å². The number of aromatic carboxylic acids is 1. The maximum Gasteiger partial charge on any atom is 0.335 e. The summed E-state index contributed by atoms with van der Waals surface area (Å²) < 4.78 is 27.3. The fraction of sp³-hybridized carbons (Fsp3) is 0.100. The molecule has 0 saturated heterocycles. The molecule has 1 aromatic heterocycles. The van der Waals surface area contributed by atoms with Crippen molar-refractivity contribution in [1.82, 2.24) is 0 Å². The number of benzene rings is 2. The summed E-state index contributed by atoms with van der Waals surface area (Å²) in [6.07, 6.45) is 0. The Kier molecular flexibility index (Phi) is 6.80. The SMILES string of the molecule is CC(Sc1ccc(NS(=O)(=O)c2cccs2)cc1)C(=O)Nc1cccc(C(=O)O)c1. The number of carboxylic acid groups (broad SMARTS) is 1. The Labute approximate surface area is 182 Å². The number of carbonyl (C=O) groups is 2. The molecule has 3 rings (SSSR count). The van der Waals surface area contributed by atoms with Crippen LogP contribution in [0.2, 0.25) is 0 Å². The maximum absolute atomic E-state index is 12.4. The molecule has 3 N–H and O–H groups in total. The number of carboxylic acids is 1. The van der Waals surface area contributed by atoms with E-state index in [1.807, 2.05) is 0 Å². The molecule has 1 heterocycles. The first kappa shape index (κ1) is 21.9. The van der Waals surface area contributed by atoms with Gasteiger partial charge in [0.15, 0.2) is 0 Å². The summed E-state index contributed by atoms with van der Waals surface area (Å²) in [5.74, 6) is -1.34. The van der Waals surface area contributed by atoms with Gasteiger partial charge in [0.25, 0.3) is 10.0 Å². The number of hydrogen-bond donors (Lipinski definition) is 3. The van der Waals surface area contributed by atoms with E-state index in [1.54, 1.807) is 54.8 Å². The molecule has 0 saturated carbocycles. The van der Waals surface area contributed by atoms with Gasteiger partial charge in [-0.2, -0.15) is 0 Å². The van der Waals surface area contributed by atoms with Gasteiger partial charge in [0.05, 0.1) is 10.8 Å². The van der Waals surface area contributed by atoms with Crippen LogP contribution in [0.15, 0.2) is 75.1 Å². The molecule has 1 atom stereocenters. The van der Waals surface area contributed by atoms with Gasteiger partial charge in [-0.3, -0.25) is 9.52 Å². The predicted octanol–water partition coefficient (Wildman–Crippen LogP) is 4.37. The molecular formula is C20H18N2O5S3. The van der Waals surface area contributed by atoms with E-state index in [-0.39, 0.29) is 15.7 Å². The Morgan fingerprint density at radius 3 is 2.40 bits per heavy atom. The second kappa shape index (κ2) is 9.33. The molecular weight excluding hydrogens is 444 g/mol. The number of nitrogens with one attached hydrogen (secondary N) is 2. The maximum atomic E-state index is 12.4. The molecule has 0 radical (unpaired) electrons. The predicted molar refractivity (Wildman–Crippen MR) is 119 cm³/mol. The van der Waals surface area contributed by atoms with Gasteiger partial charge >= 0.3 is 5.97 Å². The highest BCUT2D eigenvalue weighted by Crippen LogP contribution is 2.27. The first-order valence-corrected chi connectivity index (χ1v) is 12.0. The summed E-state index contributed by atoms with van der Waals surface area (Å²) in [4.78, 5) is 24.2. The lowest BCUT2D eigenvalue weighted by atomic mass is 10.2. The highest BCUT2D eigenvalue weighted by Gasteiger charge is 2.17. The second-order valence-electron chi connectivity index (χ2n) is 6.20. The van der Waals surface area contributed by atoms with Crippen molar-refractivity contribution in [3.8, 4) is 0 Å². The molecule has 1 amide bonds. The first-order chi connectivity index (χ1) is 14.2. The zero-order chi connectivity index (χ0) is 21.7. The molecule has 156 valence electrons. The summed E-state index contributed by atoms with van der Waals surface area (Å²) in [5.41, 5.74) is 0.926. The molecule has 3 aromatic rings. The molecule has 0 spiro atoms. The Hall–Kier alpha value is -2.82. The van der Waals surface area contributed by atoms with Crippen molar-refractivity contribution in [2.24, 2.45) is 0 Å². The number of carbonyl (C=O) groups excluding carboxylic acids is 1. The van der Waals surface area contributed by atoms with E-state index < -0.39 is 21.2 Å². The molecule has 0 aliphatic rings. The molecule has 2 aromatic carbocycles. The zero-order valence-electron chi connectivity index (χ0n) is 15.7. The van der Waals surface area contributed by atoms with Crippen LogP contribution < -0.4 is 10.0 Å². The second-order valence-corrected chi connectivity index (χ2v) is 10.5. The van der Waals surface area contributed by atoms with Crippen molar-refractivity contribution in [3.05, 3.63) is 71.6 Å². The van der Waals surface area contributed by atoms with Crippen LogP contribution in [0.25, 0.3) is 0 Å². The van der Waals surface area contributed by atoms with Gasteiger partial charge in [0.1, 0.15) is 4.21 Å². The van der Waals surface area contributed by atoms with Gasteiger partial charge in [-0.15, -0.1) is 23.1 Å². The van der Waals surface area contributed by atoms with Crippen LogP contribution in [0.5, 0.6) is 0 Å². The summed E-state index contributed by atoms with van der Waals surface area (Å²) in [7, 11) is -3.61. The third kappa shape index (κ3) is 5.62. The molecule has 10 heteroatoms. The monoisotopic (exact) mass is 462 g/mol. The van der Waals surface area contributed by atoms with Crippen molar-refractivity contribution in [2.45, 2.75) is 21.3 Å². The minimum Gasteiger partial charge on any atom is -0.478 e. The third-order valence-corrected chi connectivity index (χ3v) is 7.82. The average Bonchev–Trinajstić information content (AvgIpc) is 3.25. The number of sulfonamides is 1. The van der Waals surface area contributed by atoms with Gasteiger partial charge in [0, 0.05) is 16.3 Å². The highest BCUT2D eigenvalue weighted by atomic mass is 32.2. The Bertz CT molecular complexity index is 1140. The van der Waals surface area contributed by atoms with Gasteiger partial charge < -0.3 is 10.4 Å². The smallest absolute Gasteiger partial charge is 0.335 e. The van der Waals surface area contributed by atoms with Crippen LogP contribution in [0, 0.1) is 0 Å². The van der Waals surface area contributed by atoms with E-state index in [0.717, 1.165) is 16.2 Å². The molecule has 0 bridgehead atoms. The van der Waals surface area contributed by atoms with Crippen molar-refractivity contribution in [3.63, 3.8) is 0 Å². The molecule has 0 aliphatic carbocycles. The van der Waals surface area contributed by atoms with Crippen LogP contribution in [0.3, 0.4) is 0 Å². The number of anilines is 2. The minimum absolute atomic E-state index is 0.0914. The van der Waals surface area contributed by atoms with Crippen molar-refractivity contribution < 1.29 is 23.1 Å². The zero-order valence-corrected chi connectivity index (χ0v) is 18.2. The summed E-state index contributed by atoms with van der Waals surface area (Å²) >= 11 is 2.44. The van der Waals surface area contributed by atoms with Crippen LogP contribution in [0.4, 0.5) is 11.4 Å². The summed E-state index contributed by atoms with van der Waals surface area (Å²) in [6, 6.07) is 16.0. The van der Waals surface area contributed by atoms with Crippen LogP contribution in [-0.2, 0) is 14.8 Å². The molecule has 7 nitrogen and oxygen atoms in total. The first-order valence-electron chi connectivity index (χ1n) is 8.72. The van der Waals surface area contributed by atoms with E-state index in [2.05, 4.69) is 10.0 Å². The number of thioether (sulfide) groups is 1. The molecule has 30 heavy (non-hydrogen) atoms. The normalized spacial score (nSPS) is 12.2. The van der Waals surface area contributed by atoms with E-state index in [9.17, 15) is 18.0 Å². The Balaban J connectivity index is 1.60. The van der Waals surface area contributed by atoms with E-state index in [4.69, 9.17) is 5.11 Å². The Morgan fingerprint density at radius 2 is 1.77 bits per heavy atom. The lowest BCUT2D eigenvalue weighted by Gasteiger charge is -2.13. The average molecular weight is 463 g/mol. The topological polar surface area (TPSA) is 113 Å². The van der Waals surface area contributed by atoms with E-state index >= 15 is 0 Å². The largest absolute Gasteiger partial charge is 0.478 e. The minimum atomic E-state index is -3.61. The fourth-order valence-electron chi connectivity index (χ4n) is 2.45. The fourth-order valence-corrected chi connectivity index (χ4v) is 5.37. The van der Waals surface area contributed by atoms with Crippen molar-refractivity contribution >= 4 is 56.4 Å². The number of rotatable bonds is 8. The van der Waals surface area contributed by atoms with E-state index in [1.165, 1.54) is 30.0 Å². The number of thiophene rings is 1. The van der Waals surface area contributed by atoms with Crippen LogP contribution in [-0.4, -0.2) is 30.7 Å². The van der Waals surface area contributed by atoms with Crippen LogP contribution in [0.1, 0.15) is 17.3 Å². The molecule has 0 fully saturated rings. The summed E-state index contributed by atoms with van der Waals surface area (Å²) in [5, 5.41) is 13.0. The van der Waals surface area contributed by atoms with E-state index in [0.29, 0.717) is 11.4 Å². The van der Waals surface area contributed by atoms with Gasteiger partial charge in [-0.25, -0.2) is 13.2 Å². The lowest BCUT2D eigenvalue weighted by molar-refractivity contribution is -0.115.